The fourth-order valence-electron chi connectivity index (χ4n) is 2.77. The van der Waals surface area contributed by atoms with E-state index in [4.69, 9.17) is 4.74 Å². The normalized spacial score (nSPS) is 24.1. The molecule has 0 aliphatic heterocycles. The van der Waals surface area contributed by atoms with Crippen LogP contribution >= 0.6 is 0 Å². The van der Waals surface area contributed by atoms with E-state index >= 15 is 0 Å². The number of ether oxygens (including phenoxy) is 1. The number of hydrogen-bond donors (Lipinski definition) is 2. The maximum Gasteiger partial charge on any atom is 0.122 e. The van der Waals surface area contributed by atoms with Gasteiger partial charge in [0.15, 0.2) is 0 Å². The molecule has 2 rings (SSSR count). The highest BCUT2D eigenvalue weighted by Crippen LogP contribution is 2.41. The van der Waals surface area contributed by atoms with Crippen LogP contribution in [0.25, 0.3) is 0 Å². The van der Waals surface area contributed by atoms with Crippen molar-refractivity contribution in [2.75, 3.05) is 13.7 Å². The van der Waals surface area contributed by atoms with Crippen LogP contribution < -0.4 is 10.1 Å². The second-order valence-corrected chi connectivity index (χ2v) is 5.81. The van der Waals surface area contributed by atoms with E-state index in [-0.39, 0.29) is 12.6 Å². The zero-order valence-electron chi connectivity index (χ0n) is 12.1. The van der Waals surface area contributed by atoms with E-state index in [9.17, 15) is 5.11 Å². The molecule has 1 aliphatic rings. The largest absolute Gasteiger partial charge is 0.496 e. The van der Waals surface area contributed by atoms with Crippen LogP contribution in [-0.4, -0.2) is 30.9 Å². The third-order valence-electron chi connectivity index (χ3n) is 4.17. The molecule has 1 atom stereocenters. The van der Waals surface area contributed by atoms with Gasteiger partial charge in [0.05, 0.1) is 13.7 Å². The van der Waals surface area contributed by atoms with E-state index in [1.807, 2.05) is 12.1 Å². The Morgan fingerprint density at radius 3 is 2.58 bits per heavy atom. The smallest absolute Gasteiger partial charge is 0.122 e. The summed E-state index contributed by atoms with van der Waals surface area (Å²) < 4.78 is 5.42. The molecule has 2 N–H and O–H groups in total. The quantitative estimate of drug-likeness (QED) is 0.829. The van der Waals surface area contributed by atoms with Gasteiger partial charge >= 0.3 is 0 Å². The van der Waals surface area contributed by atoms with Gasteiger partial charge in [0.2, 0.25) is 0 Å². The van der Waals surface area contributed by atoms with Gasteiger partial charge in [0.25, 0.3) is 0 Å². The molecule has 3 heteroatoms. The van der Waals surface area contributed by atoms with Crippen molar-refractivity contribution in [3.8, 4) is 5.75 Å². The Morgan fingerprint density at radius 2 is 2.00 bits per heavy atom. The lowest BCUT2D eigenvalue weighted by Gasteiger charge is -2.39. The standard InChI is InChI=1S/C16H25NO2/c1-11(2)15(10-18)17-13-8-12(9-13)14-6-4-5-7-16(14)19-3/h4-7,11-13,15,17-18H,8-10H2,1-3H3. The lowest BCUT2D eigenvalue weighted by atomic mass is 9.75. The van der Waals surface area contributed by atoms with Gasteiger partial charge in [0.1, 0.15) is 5.75 Å². The number of rotatable bonds is 6. The van der Waals surface area contributed by atoms with Crippen molar-refractivity contribution in [2.45, 2.75) is 44.7 Å². The summed E-state index contributed by atoms with van der Waals surface area (Å²) in [5.41, 5.74) is 1.31. The van der Waals surface area contributed by atoms with Gasteiger partial charge in [0, 0.05) is 12.1 Å². The Labute approximate surface area is 116 Å². The summed E-state index contributed by atoms with van der Waals surface area (Å²) in [5, 5.41) is 12.9. The zero-order valence-corrected chi connectivity index (χ0v) is 12.1. The zero-order chi connectivity index (χ0) is 13.8. The Morgan fingerprint density at radius 1 is 1.32 bits per heavy atom. The third-order valence-corrected chi connectivity index (χ3v) is 4.17. The van der Waals surface area contributed by atoms with Crippen molar-refractivity contribution < 1.29 is 9.84 Å². The van der Waals surface area contributed by atoms with E-state index in [1.54, 1.807) is 7.11 Å². The summed E-state index contributed by atoms with van der Waals surface area (Å²) in [5.74, 6) is 2.05. The van der Waals surface area contributed by atoms with E-state index in [1.165, 1.54) is 5.56 Å². The van der Waals surface area contributed by atoms with Gasteiger partial charge in [-0.3, -0.25) is 0 Å². The highest BCUT2D eigenvalue weighted by molar-refractivity contribution is 5.37. The fourth-order valence-corrected chi connectivity index (χ4v) is 2.77. The number of aliphatic hydroxyl groups excluding tert-OH is 1. The maximum atomic E-state index is 9.35. The van der Waals surface area contributed by atoms with Crippen molar-refractivity contribution in [2.24, 2.45) is 5.92 Å². The number of aliphatic hydroxyl groups is 1. The molecule has 1 aromatic carbocycles. The van der Waals surface area contributed by atoms with Crippen LogP contribution in [-0.2, 0) is 0 Å². The van der Waals surface area contributed by atoms with Crippen molar-refractivity contribution in [3.63, 3.8) is 0 Å². The minimum absolute atomic E-state index is 0.212. The van der Waals surface area contributed by atoms with Crippen molar-refractivity contribution in [1.29, 1.82) is 0 Å². The second kappa shape index (κ2) is 6.40. The topological polar surface area (TPSA) is 41.5 Å². The first-order valence-corrected chi connectivity index (χ1v) is 7.15. The molecule has 0 heterocycles. The molecular formula is C16H25NO2. The minimum Gasteiger partial charge on any atom is -0.496 e. The van der Waals surface area contributed by atoms with Gasteiger partial charge in [-0.15, -0.1) is 0 Å². The Hall–Kier alpha value is -1.06. The summed E-state index contributed by atoms with van der Waals surface area (Å²) in [6, 6.07) is 9.01. The molecule has 1 saturated carbocycles. The van der Waals surface area contributed by atoms with Crippen LogP contribution in [0, 0.1) is 5.92 Å². The van der Waals surface area contributed by atoms with E-state index < -0.39 is 0 Å². The van der Waals surface area contributed by atoms with Crippen LogP contribution in [0.3, 0.4) is 0 Å². The van der Waals surface area contributed by atoms with Crippen LogP contribution in [0.15, 0.2) is 24.3 Å². The van der Waals surface area contributed by atoms with Crippen molar-refractivity contribution >= 4 is 0 Å². The summed E-state index contributed by atoms with van der Waals surface area (Å²) >= 11 is 0. The Kier molecular flexibility index (Phi) is 4.83. The van der Waals surface area contributed by atoms with Crippen LogP contribution in [0.4, 0.5) is 0 Å². The predicted molar refractivity (Wildman–Crippen MR) is 77.6 cm³/mol. The third kappa shape index (κ3) is 3.28. The van der Waals surface area contributed by atoms with E-state index in [0.717, 1.165) is 18.6 Å². The van der Waals surface area contributed by atoms with E-state index in [0.29, 0.717) is 17.9 Å². The lowest BCUT2D eigenvalue weighted by Crippen LogP contribution is -2.49. The lowest BCUT2D eigenvalue weighted by molar-refractivity contribution is 0.168. The molecule has 0 spiro atoms. The average Bonchev–Trinajstić information content (AvgIpc) is 2.37. The first-order valence-electron chi connectivity index (χ1n) is 7.15. The minimum atomic E-state index is 0.212. The van der Waals surface area contributed by atoms with Gasteiger partial charge in [-0.2, -0.15) is 0 Å². The van der Waals surface area contributed by atoms with Gasteiger partial charge in [-0.1, -0.05) is 32.0 Å². The molecule has 0 aromatic heterocycles. The molecule has 106 valence electrons. The SMILES string of the molecule is COc1ccccc1C1CC(NC(CO)C(C)C)C1. The molecule has 0 amide bonds. The molecule has 1 aliphatic carbocycles. The van der Waals surface area contributed by atoms with Crippen LogP contribution in [0.2, 0.25) is 0 Å². The molecule has 0 radical (unpaired) electrons. The summed E-state index contributed by atoms with van der Waals surface area (Å²) in [6.07, 6.45) is 2.26. The van der Waals surface area contributed by atoms with Crippen molar-refractivity contribution in [3.05, 3.63) is 29.8 Å². The summed E-state index contributed by atoms with van der Waals surface area (Å²) in [7, 11) is 1.73. The number of nitrogens with one attached hydrogen (secondary N) is 1. The average molecular weight is 263 g/mol. The highest BCUT2D eigenvalue weighted by Gasteiger charge is 2.33. The molecular weight excluding hydrogens is 238 g/mol. The fraction of sp³-hybridized carbons (Fsp3) is 0.625. The first kappa shape index (κ1) is 14.4. The number of hydrogen-bond acceptors (Lipinski definition) is 3. The first-order chi connectivity index (χ1) is 9.15. The molecule has 0 bridgehead atoms. The number of benzene rings is 1. The summed E-state index contributed by atoms with van der Waals surface area (Å²) in [4.78, 5) is 0. The van der Waals surface area contributed by atoms with Crippen LogP contribution in [0.1, 0.15) is 38.2 Å². The highest BCUT2D eigenvalue weighted by atomic mass is 16.5. The molecule has 19 heavy (non-hydrogen) atoms. The number of methoxy groups -OCH3 is 1. The van der Waals surface area contributed by atoms with E-state index in [2.05, 4.69) is 31.3 Å². The second-order valence-electron chi connectivity index (χ2n) is 5.81. The monoisotopic (exact) mass is 263 g/mol. The molecule has 1 unspecified atom stereocenters. The molecule has 1 aromatic rings. The summed E-state index contributed by atoms with van der Waals surface area (Å²) in [6.45, 7) is 4.50. The Bertz CT molecular complexity index is 399. The van der Waals surface area contributed by atoms with Gasteiger partial charge in [-0.05, 0) is 36.3 Å². The van der Waals surface area contributed by atoms with Gasteiger partial charge < -0.3 is 15.2 Å². The maximum absolute atomic E-state index is 9.35. The molecule has 3 nitrogen and oxygen atoms in total. The van der Waals surface area contributed by atoms with Crippen molar-refractivity contribution in [1.82, 2.24) is 5.32 Å². The number of para-hydroxylation sites is 1. The molecule has 0 saturated heterocycles. The van der Waals surface area contributed by atoms with Gasteiger partial charge in [-0.25, -0.2) is 0 Å². The molecule has 1 fully saturated rings. The Balaban J connectivity index is 1.89. The van der Waals surface area contributed by atoms with Crippen LogP contribution in [0.5, 0.6) is 5.75 Å². The predicted octanol–water partition coefficient (Wildman–Crippen LogP) is 2.55.